The standard InChI is InChI=1S/C22H27N3O2/c1-14-18(25-22(27)23-14)8-3-2-4-9-20(26)24-19-13-12-16-11-10-15-6-5-7-17(19)21(15)16/h5-7,12-14,18H,2-4,8-11H2,1H3,(H,24,26)(H2,23,25,27). The highest BCUT2D eigenvalue weighted by Crippen LogP contribution is 2.35. The van der Waals surface area contributed by atoms with E-state index in [4.69, 9.17) is 0 Å². The molecule has 0 radical (unpaired) electrons. The second-order valence-electron chi connectivity index (χ2n) is 7.77. The summed E-state index contributed by atoms with van der Waals surface area (Å²) in [5.41, 5.74) is 3.71. The van der Waals surface area contributed by atoms with Crippen LogP contribution in [0.5, 0.6) is 0 Å². The Labute approximate surface area is 159 Å². The van der Waals surface area contributed by atoms with Gasteiger partial charge in [-0.05, 0) is 55.2 Å². The van der Waals surface area contributed by atoms with E-state index < -0.39 is 0 Å². The van der Waals surface area contributed by atoms with Crippen LogP contribution in [0.1, 0.15) is 50.2 Å². The molecule has 142 valence electrons. The largest absolute Gasteiger partial charge is 0.334 e. The van der Waals surface area contributed by atoms with Crippen molar-refractivity contribution < 1.29 is 9.59 Å². The average Bonchev–Trinajstić information content (AvgIpc) is 3.21. The first-order valence-corrected chi connectivity index (χ1v) is 10.0. The molecule has 5 nitrogen and oxygen atoms in total. The molecular formula is C22H27N3O2. The van der Waals surface area contributed by atoms with E-state index in [1.807, 2.05) is 13.0 Å². The van der Waals surface area contributed by atoms with Crippen molar-refractivity contribution in [3.8, 4) is 0 Å². The number of unbranched alkanes of at least 4 members (excludes halogenated alkanes) is 2. The van der Waals surface area contributed by atoms with Gasteiger partial charge in [-0.2, -0.15) is 0 Å². The van der Waals surface area contributed by atoms with Gasteiger partial charge in [-0.25, -0.2) is 4.79 Å². The third-order valence-electron chi connectivity index (χ3n) is 5.85. The summed E-state index contributed by atoms with van der Waals surface area (Å²) in [5.74, 6) is 0.0814. The Morgan fingerprint density at radius 3 is 2.67 bits per heavy atom. The zero-order valence-corrected chi connectivity index (χ0v) is 15.8. The van der Waals surface area contributed by atoms with Crippen LogP contribution in [0.2, 0.25) is 0 Å². The molecule has 1 saturated heterocycles. The van der Waals surface area contributed by atoms with Crippen molar-refractivity contribution >= 4 is 28.4 Å². The van der Waals surface area contributed by atoms with Crippen LogP contribution < -0.4 is 16.0 Å². The predicted molar refractivity (Wildman–Crippen MR) is 108 cm³/mol. The maximum atomic E-state index is 12.4. The molecule has 27 heavy (non-hydrogen) atoms. The maximum absolute atomic E-state index is 12.4. The first-order chi connectivity index (χ1) is 13.1. The van der Waals surface area contributed by atoms with Gasteiger partial charge in [0.25, 0.3) is 0 Å². The normalized spacial score (nSPS) is 20.6. The van der Waals surface area contributed by atoms with Gasteiger partial charge in [0.05, 0.1) is 6.04 Å². The molecule has 0 aromatic heterocycles. The fraction of sp³-hybridized carbons (Fsp3) is 0.455. The Morgan fingerprint density at radius 1 is 1.07 bits per heavy atom. The van der Waals surface area contributed by atoms with Crippen LogP contribution in [-0.2, 0) is 17.6 Å². The molecule has 2 aliphatic rings. The zero-order valence-electron chi connectivity index (χ0n) is 15.8. The Kier molecular flexibility index (Phi) is 5.01. The molecule has 2 unspecified atom stereocenters. The highest BCUT2D eigenvalue weighted by molar-refractivity contribution is 6.05. The Morgan fingerprint density at radius 2 is 1.89 bits per heavy atom. The molecule has 3 N–H and O–H groups in total. The number of hydrogen-bond donors (Lipinski definition) is 3. The minimum Gasteiger partial charge on any atom is -0.334 e. The number of nitrogens with one attached hydrogen (secondary N) is 3. The lowest BCUT2D eigenvalue weighted by atomic mass is 10.0. The Balaban J connectivity index is 1.26. The molecular weight excluding hydrogens is 338 g/mol. The number of carbonyl (C=O) groups is 2. The van der Waals surface area contributed by atoms with Crippen LogP contribution in [0, 0.1) is 0 Å². The minimum absolute atomic E-state index is 0.0720. The van der Waals surface area contributed by atoms with Gasteiger partial charge in [-0.3, -0.25) is 4.79 Å². The molecule has 1 heterocycles. The summed E-state index contributed by atoms with van der Waals surface area (Å²) in [7, 11) is 0. The number of hydrogen-bond acceptors (Lipinski definition) is 2. The summed E-state index contributed by atoms with van der Waals surface area (Å²) in [6.45, 7) is 2.02. The fourth-order valence-electron chi connectivity index (χ4n) is 4.36. The lowest BCUT2D eigenvalue weighted by molar-refractivity contribution is -0.116. The topological polar surface area (TPSA) is 70.2 Å². The van der Waals surface area contributed by atoms with E-state index in [0.717, 1.165) is 49.6 Å². The quantitative estimate of drug-likeness (QED) is 0.651. The number of rotatable bonds is 7. The first kappa shape index (κ1) is 17.8. The van der Waals surface area contributed by atoms with Crippen molar-refractivity contribution in [2.45, 2.75) is 64.0 Å². The summed E-state index contributed by atoms with van der Waals surface area (Å²) in [6.07, 6.45) is 6.57. The maximum Gasteiger partial charge on any atom is 0.315 e. The van der Waals surface area contributed by atoms with Gasteiger partial charge in [-0.15, -0.1) is 0 Å². The molecule has 2 atom stereocenters. The minimum atomic E-state index is -0.0720. The van der Waals surface area contributed by atoms with Gasteiger partial charge in [-0.1, -0.05) is 37.1 Å². The smallest absolute Gasteiger partial charge is 0.315 e. The number of aryl methyl sites for hydroxylation is 2. The number of carbonyl (C=O) groups excluding carboxylic acids is 2. The van der Waals surface area contributed by atoms with Gasteiger partial charge in [0.2, 0.25) is 5.91 Å². The molecule has 1 aliphatic carbocycles. The molecule has 0 bridgehead atoms. The van der Waals surface area contributed by atoms with E-state index in [0.29, 0.717) is 6.42 Å². The predicted octanol–water partition coefficient (Wildman–Crippen LogP) is 3.90. The summed E-state index contributed by atoms with van der Waals surface area (Å²) >= 11 is 0. The van der Waals surface area contributed by atoms with Crippen molar-refractivity contribution in [2.24, 2.45) is 0 Å². The monoisotopic (exact) mass is 365 g/mol. The van der Waals surface area contributed by atoms with Crippen molar-refractivity contribution in [1.29, 1.82) is 0 Å². The lowest BCUT2D eigenvalue weighted by Gasteiger charge is -2.13. The fourth-order valence-corrected chi connectivity index (χ4v) is 4.36. The van der Waals surface area contributed by atoms with Crippen LogP contribution in [0.4, 0.5) is 10.5 Å². The van der Waals surface area contributed by atoms with Gasteiger partial charge in [0.1, 0.15) is 0 Å². The van der Waals surface area contributed by atoms with Crippen LogP contribution in [0.3, 0.4) is 0 Å². The van der Waals surface area contributed by atoms with E-state index in [2.05, 4.69) is 40.2 Å². The molecule has 0 saturated carbocycles. The molecule has 1 aliphatic heterocycles. The SMILES string of the molecule is CC1NC(=O)NC1CCCCCC(=O)Nc1ccc2c3c(cccc13)CC2. The molecule has 2 aromatic rings. The van der Waals surface area contributed by atoms with Crippen LogP contribution >= 0.6 is 0 Å². The number of urea groups is 1. The number of benzene rings is 2. The second kappa shape index (κ2) is 7.59. The van der Waals surface area contributed by atoms with Crippen molar-refractivity contribution in [2.75, 3.05) is 5.32 Å². The Hall–Kier alpha value is -2.56. The molecule has 3 amide bonds. The molecule has 0 spiro atoms. The number of anilines is 1. The van der Waals surface area contributed by atoms with Crippen molar-refractivity contribution in [3.63, 3.8) is 0 Å². The summed E-state index contributed by atoms with van der Waals surface area (Å²) < 4.78 is 0. The van der Waals surface area contributed by atoms with E-state index in [1.165, 1.54) is 16.5 Å². The summed E-state index contributed by atoms with van der Waals surface area (Å²) in [5, 5.41) is 11.4. The van der Waals surface area contributed by atoms with E-state index in [1.54, 1.807) is 0 Å². The van der Waals surface area contributed by atoms with Crippen LogP contribution in [-0.4, -0.2) is 24.0 Å². The van der Waals surface area contributed by atoms with Gasteiger partial charge in [0.15, 0.2) is 0 Å². The zero-order chi connectivity index (χ0) is 18.8. The van der Waals surface area contributed by atoms with Crippen molar-refractivity contribution in [1.82, 2.24) is 10.6 Å². The van der Waals surface area contributed by atoms with E-state index in [-0.39, 0.29) is 24.0 Å². The third-order valence-corrected chi connectivity index (χ3v) is 5.85. The van der Waals surface area contributed by atoms with E-state index >= 15 is 0 Å². The molecule has 5 heteroatoms. The van der Waals surface area contributed by atoms with Crippen molar-refractivity contribution in [3.05, 3.63) is 41.5 Å². The van der Waals surface area contributed by atoms with E-state index in [9.17, 15) is 9.59 Å². The summed E-state index contributed by atoms with van der Waals surface area (Å²) in [6, 6.07) is 10.9. The lowest BCUT2D eigenvalue weighted by Crippen LogP contribution is -2.30. The average molecular weight is 365 g/mol. The molecule has 4 rings (SSSR count). The third kappa shape index (κ3) is 3.77. The van der Waals surface area contributed by atoms with Gasteiger partial charge >= 0.3 is 6.03 Å². The highest BCUT2D eigenvalue weighted by atomic mass is 16.2. The highest BCUT2D eigenvalue weighted by Gasteiger charge is 2.26. The summed E-state index contributed by atoms with van der Waals surface area (Å²) in [4.78, 5) is 23.7. The Bertz CT molecular complexity index is 867. The van der Waals surface area contributed by atoms with Gasteiger partial charge in [0, 0.05) is 23.5 Å². The second-order valence-corrected chi connectivity index (χ2v) is 7.77. The van der Waals surface area contributed by atoms with Gasteiger partial charge < -0.3 is 16.0 Å². The molecule has 2 aromatic carbocycles. The van der Waals surface area contributed by atoms with Crippen LogP contribution in [0.25, 0.3) is 10.8 Å². The van der Waals surface area contributed by atoms with Crippen LogP contribution in [0.15, 0.2) is 30.3 Å². The number of amides is 3. The molecule has 1 fully saturated rings. The first-order valence-electron chi connectivity index (χ1n) is 10.0.